The van der Waals surface area contributed by atoms with Gasteiger partial charge >= 0.3 is 0 Å². The van der Waals surface area contributed by atoms with Crippen LogP contribution in [-0.4, -0.2) is 0 Å². The van der Waals surface area contributed by atoms with Crippen LogP contribution in [0.1, 0.15) is 22.3 Å². The van der Waals surface area contributed by atoms with Crippen LogP contribution >= 0.6 is 45.3 Å². The zero-order valence-electron chi connectivity index (χ0n) is 11.8. The average molecular weight is 335 g/mol. The summed E-state index contributed by atoms with van der Waals surface area (Å²) < 4.78 is 5.93. The predicted molar refractivity (Wildman–Crippen MR) is 97.3 cm³/mol. The van der Waals surface area contributed by atoms with E-state index in [-0.39, 0.29) is 0 Å². The lowest BCUT2D eigenvalue weighted by Gasteiger charge is -1.98. The van der Waals surface area contributed by atoms with E-state index in [4.69, 9.17) is 0 Å². The summed E-state index contributed by atoms with van der Waals surface area (Å²) in [5.74, 6) is 0. The van der Waals surface area contributed by atoms with Crippen LogP contribution in [0.2, 0.25) is 0 Å². The molecule has 0 N–H and O–H groups in total. The zero-order valence-corrected chi connectivity index (χ0v) is 15.1. The van der Waals surface area contributed by atoms with Crippen molar-refractivity contribution in [3.8, 4) is 9.75 Å². The van der Waals surface area contributed by atoms with E-state index in [2.05, 4.69) is 38.5 Å². The molecule has 4 aromatic heterocycles. The molecular formula is C16H14S4. The normalized spacial score (nSPS) is 12.0. The molecule has 20 heavy (non-hydrogen) atoms. The van der Waals surface area contributed by atoms with Gasteiger partial charge in [-0.3, -0.25) is 0 Å². The van der Waals surface area contributed by atoms with Gasteiger partial charge < -0.3 is 0 Å². The zero-order chi connectivity index (χ0) is 14.0. The van der Waals surface area contributed by atoms with E-state index in [1.165, 1.54) is 50.8 Å². The molecule has 0 saturated heterocycles. The molecular weight excluding hydrogens is 320 g/mol. The largest absolute Gasteiger partial charge is 0.142 e. The first kappa shape index (κ1) is 13.0. The molecule has 0 aliphatic carbocycles. The number of rotatable bonds is 1. The van der Waals surface area contributed by atoms with Gasteiger partial charge in [0.05, 0.1) is 0 Å². The van der Waals surface area contributed by atoms with E-state index in [1.54, 1.807) is 0 Å². The van der Waals surface area contributed by atoms with E-state index >= 15 is 0 Å². The van der Waals surface area contributed by atoms with Crippen molar-refractivity contribution in [2.45, 2.75) is 27.7 Å². The molecule has 4 rings (SSSR count). The highest BCUT2D eigenvalue weighted by Gasteiger charge is 2.19. The molecule has 4 aromatic rings. The van der Waals surface area contributed by atoms with Gasteiger partial charge in [-0.1, -0.05) is 0 Å². The lowest BCUT2D eigenvalue weighted by Crippen LogP contribution is -1.73. The summed E-state index contributed by atoms with van der Waals surface area (Å²) in [5.41, 5.74) is 5.80. The average Bonchev–Trinajstić information content (AvgIpc) is 3.11. The molecule has 0 aliphatic heterocycles. The van der Waals surface area contributed by atoms with Crippen LogP contribution in [-0.2, 0) is 0 Å². The second-order valence-electron chi connectivity index (χ2n) is 5.27. The van der Waals surface area contributed by atoms with E-state index in [9.17, 15) is 0 Å². The minimum absolute atomic E-state index is 1.43. The Kier molecular flexibility index (Phi) is 2.87. The Hall–Kier alpha value is -0.680. The number of hydrogen-bond acceptors (Lipinski definition) is 4. The first-order chi connectivity index (χ1) is 9.58. The maximum Gasteiger partial charge on any atom is 0.0496 e. The molecule has 0 aromatic carbocycles. The minimum Gasteiger partial charge on any atom is -0.142 e. The van der Waals surface area contributed by atoms with Crippen LogP contribution < -0.4 is 0 Å². The van der Waals surface area contributed by atoms with E-state index < -0.39 is 0 Å². The molecule has 0 saturated carbocycles. The predicted octanol–water partition coefficient (Wildman–Crippen LogP) is 7.14. The molecule has 0 bridgehead atoms. The topological polar surface area (TPSA) is 0 Å². The minimum atomic E-state index is 1.43. The van der Waals surface area contributed by atoms with Crippen LogP contribution in [0.3, 0.4) is 0 Å². The smallest absolute Gasteiger partial charge is 0.0496 e. The fourth-order valence-electron chi connectivity index (χ4n) is 2.63. The Bertz CT molecular complexity index is 864. The molecule has 0 atom stereocenters. The van der Waals surface area contributed by atoms with E-state index in [0.29, 0.717) is 0 Å². The van der Waals surface area contributed by atoms with Gasteiger partial charge in [0.15, 0.2) is 0 Å². The van der Waals surface area contributed by atoms with Crippen molar-refractivity contribution < 1.29 is 0 Å². The van der Waals surface area contributed by atoms with Gasteiger partial charge in [-0.2, -0.15) is 0 Å². The van der Waals surface area contributed by atoms with Crippen molar-refractivity contribution in [3.63, 3.8) is 0 Å². The van der Waals surface area contributed by atoms with Crippen molar-refractivity contribution >= 4 is 64.1 Å². The van der Waals surface area contributed by atoms with Gasteiger partial charge in [-0.25, -0.2) is 0 Å². The van der Waals surface area contributed by atoms with Gasteiger partial charge in [0, 0.05) is 28.6 Å². The molecule has 0 aliphatic rings. The maximum absolute atomic E-state index is 2.28. The molecule has 0 spiro atoms. The highest BCUT2D eigenvalue weighted by atomic mass is 32.1. The molecule has 0 radical (unpaired) electrons. The van der Waals surface area contributed by atoms with Crippen LogP contribution in [0.25, 0.3) is 28.6 Å². The quantitative estimate of drug-likeness (QED) is 0.347. The van der Waals surface area contributed by atoms with Gasteiger partial charge in [0.2, 0.25) is 0 Å². The highest BCUT2D eigenvalue weighted by Crippen LogP contribution is 2.49. The fourth-order valence-corrected chi connectivity index (χ4v) is 7.96. The van der Waals surface area contributed by atoms with Crippen molar-refractivity contribution in [2.75, 3.05) is 0 Å². The molecule has 0 unspecified atom stereocenters. The third-order valence-electron chi connectivity index (χ3n) is 3.81. The lowest BCUT2D eigenvalue weighted by atomic mass is 10.2. The third kappa shape index (κ3) is 1.62. The van der Waals surface area contributed by atoms with E-state index in [1.807, 2.05) is 45.3 Å². The fraction of sp³-hybridized carbons (Fsp3) is 0.250. The first-order valence-corrected chi connectivity index (χ1v) is 9.92. The van der Waals surface area contributed by atoms with Crippen molar-refractivity contribution in [1.29, 1.82) is 0 Å². The first-order valence-electron chi connectivity index (χ1n) is 6.52. The summed E-state index contributed by atoms with van der Waals surface area (Å²) in [4.78, 5) is 2.97. The third-order valence-corrected chi connectivity index (χ3v) is 9.52. The lowest BCUT2D eigenvalue weighted by molar-refractivity contribution is 1.57. The number of thiophene rings is 4. The molecule has 4 heterocycles. The van der Waals surface area contributed by atoms with E-state index in [0.717, 1.165) is 0 Å². The Morgan fingerprint density at radius 2 is 1.00 bits per heavy atom. The van der Waals surface area contributed by atoms with Crippen LogP contribution in [0, 0.1) is 27.7 Å². The summed E-state index contributed by atoms with van der Waals surface area (Å²) in [6, 6.07) is 0. The summed E-state index contributed by atoms with van der Waals surface area (Å²) in [6.45, 7) is 9.01. The second-order valence-corrected chi connectivity index (χ2v) is 9.07. The molecule has 0 nitrogen and oxygen atoms in total. The molecule has 0 fully saturated rings. The van der Waals surface area contributed by atoms with Gasteiger partial charge in [0.25, 0.3) is 0 Å². The van der Waals surface area contributed by atoms with Crippen molar-refractivity contribution in [3.05, 3.63) is 33.0 Å². The van der Waals surface area contributed by atoms with Crippen LogP contribution in [0.15, 0.2) is 10.8 Å². The Balaban J connectivity index is 2.05. The summed E-state index contributed by atoms with van der Waals surface area (Å²) in [7, 11) is 0. The van der Waals surface area contributed by atoms with Gasteiger partial charge in [0.1, 0.15) is 0 Å². The van der Waals surface area contributed by atoms with Gasteiger partial charge in [-0.05, 0) is 60.7 Å². The molecule has 0 amide bonds. The highest BCUT2D eigenvalue weighted by molar-refractivity contribution is 7.34. The van der Waals surface area contributed by atoms with Crippen molar-refractivity contribution in [2.24, 2.45) is 0 Å². The standard InChI is InChI=1S/C16H14S4/c1-7-5-17-13-9(3)15(19-11(7)13)16-10(4)14-12(20-16)8(2)6-18-14/h5-6H,1-4H3. The summed E-state index contributed by atoms with van der Waals surface area (Å²) in [5, 5.41) is 4.56. The Labute approximate surface area is 134 Å². The summed E-state index contributed by atoms with van der Waals surface area (Å²) in [6.07, 6.45) is 0. The second kappa shape index (κ2) is 4.41. The maximum atomic E-state index is 2.28. The van der Waals surface area contributed by atoms with Crippen LogP contribution in [0.4, 0.5) is 0 Å². The molecule has 4 heteroatoms. The number of fused-ring (bicyclic) bond motifs is 2. The van der Waals surface area contributed by atoms with Crippen LogP contribution in [0.5, 0.6) is 0 Å². The SMILES string of the molecule is Cc1csc2c(C)c(-c3sc4c(C)csc4c3C)sc12. The Morgan fingerprint density at radius 1 is 0.600 bits per heavy atom. The monoisotopic (exact) mass is 334 g/mol. The van der Waals surface area contributed by atoms with Crippen molar-refractivity contribution in [1.82, 2.24) is 0 Å². The number of hydrogen-bond donors (Lipinski definition) is 0. The Morgan fingerprint density at radius 3 is 1.35 bits per heavy atom. The number of aryl methyl sites for hydroxylation is 4. The summed E-state index contributed by atoms with van der Waals surface area (Å²) >= 11 is 7.73. The molecule has 102 valence electrons. The van der Waals surface area contributed by atoms with Gasteiger partial charge in [-0.15, -0.1) is 45.3 Å².